The molecule has 0 aliphatic carbocycles. The van der Waals surface area contributed by atoms with Crippen LogP contribution >= 0.6 is 0 Å². The highest BCUT2D eigenvalue weighted by molar-refractivity contribution is 5.80. The smallest absolute Gasteiger partial charge is 0.303 e. The van der Waals surface area contributed by atoms with Gasteiger partial charge in [-0.3, -0.25) is 9.59 Å². The fourth-order valence-electron chi connectivity index (χ4n) is 1.72. The molecule has 0 spiro atoms. The summed E-state index contributed by atoms with van der Waals surface area (Å²) in [7, 11) is 0. The molecule has 0 aliphatic rings. The van der Waals surface area contributed by atoms with E-state index in [-0.39, 0.29) is 24.2 Å². The summed E-state index contributed by atoms with van der Waals surface area (Å²) in [5.41, 5.74) is 1.34. The van der Waals surface area contributed by atoms with Crippen LogP contribution in [0.2, 0.25) is 0 Å². The van der Waals surface area contributed by atoms with Gasteiger partial charge in [0.05, 0.1) is 13.0 Å². The Bertz CT molecular complexity index is 474. The molecule has 1 aromatic rings. The first-order valence-electron chi connectivity index (χ1n) is 7.01. The molecule has 5 heteroatoms. The van der Waals surface area contributed by atoms with E-state index in [1.807, 2.05) is 24.3 Å². The van der Waals surface area contributed by atoms with Gasteiger partial charge in [-0.1, -0.05) is 32.9 Å². The van der Waals surface area contributed by atoms with Gasteiger partial charge in [-0.25, -0.2) is 0 Å². The zero-order valence-electron chi connectivity index (χ0n) is 12.8. The van der Waals surface area contributed by atoms with Crippen molar-refractivity contribution in [1.29, 1.82) is 0 Å². The predicted octanol–water partition coefficient (Wildman–Crippen LogP) is 2.34. The van der Waals surface area contributed by atoms with Crippen molar-refractivity contribution < 1.29 is 19.4 Å². The largest absolute Gasteiger partial charge is 0.492 e. The first-order chi connectivity index (χ1) is 9.79. The Hall–Kier alpha value is -2.04. The summed E-state index contributed by atoms with van der Waals surface area (Å²) in [4.78, 5) is 21.6. The highest BCUT2D eigenvalue weighted by atomic mass is 16.5. The van der Waals surface area contributed by atoms with Crippen LogP contribution in [0.15, 0.2) is 24.3 Å². The summed E-state index contributed by atoms with van der Waals surface area (Å²) < 4.78 is 5.52. The average Bonchev–Trinajstić information content (AvgIpc) is 2.41. The van der Waals surface area contributed by atoms with Crippen molar-refractivity contribution in [3.8, 4) is 5.75 Å². The number of rotatable bonds is 7. The number of amides is 1. The third-order valence-corrected chi connectivity index (χ3v) is 2.98. The molecule has 5 nitrogen and oxygen atoms in total. The number of ether oxygens (including phenoxy) is 1. The van der Waals surface area contributed by atoms with Gasteiger partial charge in [0.1, 0.15) is 12.4 Å². The van der Waals surface area contributed by atoms with Crippen LogP contribution in [0.1, 0.15) is 39.2 Å². The quantitative estimate of drug-likeness (QED) is 0.757. The van der Waals surface area contributed by atoms with Gasteiger partial charge >= 0.3 is 5.97 Å². The average molecular weight is 293 g/mol. The van der Waals surface area contributed by atoms with E-state index in [0.717, 1.165) is 5.75 Å². The van der Waals surface area contributed by atoms with Gasteiger partial charge in [0.25, 0.3) is 0 Å². The lowest BCUT2D eigenvalue weighted by atomic mass is 9.87. The highest BCUT2D eigenvalue weighted by Crippen LogP contribution is 2.24. The molecule has 1 amide bonds. The van der Waals surface area contributed by atoms with E-state index < -0.39 is 5.97 Å². The predicted molar refractivity (Wildman–Crippen MR) is 80.5 cm³/mol. The normalized spacial score (nSPS) is 11.0. The van der Waals surface area contributed by atoms with Crippen LogP contribution in [0.3, 0.4) is 0 Å². The van der Waals surface area contributed by atoms with Crippen molar-refractivity contribution in [2.75, 3.05) is 13.2 Å². The number of carbonyl (C=O) groups is 2. The van der Waals surface area contributed by atoms with Gasteiger partial charge in [0.15, 0.2) is 0 Å². The number of hydrogen-bond donors (Lipinski definition) is 2. The van der Waals surface area contributed by atoms with E-state index in [2.05, 4.69) is 26.1 Å². The van der Waals surface area contributed by atoms with Crippen molar-refractivity contribution in [3.05, 3.63) is 29.8 Å². The molecule has 0 saturated heterocycles. The Morgan fingerprint density at radius 3 is 2.29 bits per heavy atom. The Morgan fingerprint density at radius 2 is 1.76 bits per heavy atom. The molecule has 0 bridgehead atoms. The SMILES string of the molecule is CC(C)(C)c1ccc(OCCNC(=O)CCC(=O)O)cc1. The van der Waals surface area contributed by atoms with E-state index in [4.69, 9.17) is 9.84 Å². The van der Waals surface area contributed by atoms with Gasteiger partial charge in [0.2, 0.25) is 5.91 Å². The van der Waals surface area contributed by atoms with Gasteiger partial charge in [0, 0.05) is 6.42 Å². The number of carboxylic acid groups (broad SMARTS) is 1. The Morgan fingerprint density at radius 1 is 1.14 bits per heavy atom. The summed E-state index contributed by atoms with van der Waals surface area (Å²) in [6.45, 7) is 7.16. The third-order valence-electron chi connectivity index (χ3n) is 2.98. The second-order valence-electron chi connectivity index (χ2n) is 5.87. The maximum absolute atomic E-state index is 11.3. The molecule has 21 heavy (non-hydrogen) atoms. The van der Waals surface area contributed by atoms with Crippen LogP contribution in [0.5, 0.6) is 5.75 Å². The zero-order chi connectivity index (χ0) is 15.9. The van der Waals surface area contributed by atoms with E-state index >= 15 is 0 Å². The van der Waals surface area contributed by atoms with Crippen LogP contribution in [-0.2, 0) is 15.0 Å². The monoisotopic (exact) mass is 293 g/mol. The topological polar surface area (TPSA) is 75.6 Å². The number of nitrogens with one attached hydrogen (secondary N) is 1. The molecule has 0 radical (unpaired) electrons. The maximum Gasteiger partial charge on any atom is 0.303 e. The molecule has 0 aromatic heterocycles. The summed E-state index contributed by atoms with van der Waals surface area (Å²) in [5.74, 6) is -0.493. The molecule has 0 atom stereocenters. The number of aliphatic carboxylic acids is 1. The van der Waals surface area contributed by atoms with Gasteiger partial charge in [-0.05, 0) is 23.1 Å². The van der Waals surface area contributed by atoms with E-state index in [0.29, 0.717) is 13.2 Å². The first-order valence-corrected chi connectivity index (χ1v) is 7.01. The molecular weight excluding hydrogens is 270 g/mol. The second-order valence-corrected chi connectivity index (χ2v) is 5.87. The minimum absolute atomic E-state index is 0.00435. The lowest BCUT2D eigenvalue weighted by molar-refractivity contribution is -0.138. The fourth-order valence-corrected chi connectivity index (χ4v) is 1.72. The van der Waals surface area contributed by atoms with Gasteiger partial charge in [-0.15, -0.1) is 0 Å². The molecule has 0 fully saturated rings. The maximum atomic E-state index is 11.3. The van der Waals surface area contributed by atoms with Crippen molar-refractivity contribution in [2.45, 2.75) is 39.0 Å². The second kappa shape index (κ2) is 7.67. The molecule has 0 unspecified atom stereocenters. The minimum Gasteiger partial charge on any atom is -0.492 e. The molecular formula is C16H23NO4. The van der Waals surface area contributed by atoms with E-state index in [1.54, 1.807) is 0 Å². The summed E-state index contributed by atoms with van der Waals surface area (Å²) in [6.07, 6.45) is -0.156. The highest BCUT2D eigenvalue weighted by Gasteiger charge is 2.12. The number of carboxylic acids is 1. The number of carbonyl (C=O) groups excluding carboxylic acids is 1. The lowest BCUT2D eigenvalue weighted by Crippen LogP contribution is -2.28. The molecule has 0 saturated carbocycles. The van der Waals surface area contributed by atoms with Crippen LogP contribution in [-0.4, -0.2) is 30.1 Å². The van der Waals surface area contributed by atoms with Crippen molar-refractivity contribution >= 4 is 11.9 Å². The van der Waals surface area contributed by atoms with Crippen molar-refractivity contribution in [1.82, 2.24) is 5.32 Å². The molecule has 0 aliphatic heterocycles. The lowest BCUT2D eigenvalue weighted by Gasteiger charge is -2.19. The van der Waals surface area contributed by atoms with Crippen molar-refractivity contribution in [3.63, 3.8) is 0 Å². The molecule has 2 N–H and O–H groups in total. The summed E-state index contributed by atoms with van der Waals surface area (Å²) in [6, 6.07) is 7.88. The Kier molecular flexibility index (Phi) is 6.21. The Labute approximate surface area is 125 Å². The van der Waals surface area contributed by atoms with Crippen LogP contribution in [0.25, 0.3) is 0 Å². The van der Waals surface area contributed by atoms with Crippen LogP contribution in [0, 0.1) is 0 Å². The number of benzene rings is 1. The van der Waals surface area contributed by atoms with Crippen molar-refractivity contribution in [2.24, 2.45) is 0 Å². The molecule has 116 valence electrons. The zero-order valence-corrected chi connectivity index (χ0v) is 12.8. The minimum atomic E-state index is -0.972. The van der Waals surface area contributed by atoms with Crippen LogP contribution in [0.4, 0.5) is 0 Å². The van der Waals surface area contributed by atoms with Gasteiger partial charge < -0.3 is 15.2 Å². The number of hydrogen-bond acceptors (Lipinski definition) is 3. The molecule has 0 heterocycles. The standard InChI is InChI=1S/C16H23NO4/c1-16(2,3)12-4-6-13(7-5-12)21-11-10-17-14(18)8-9-15(19)20/h4-7H,8-11H2,1-3H3,(H,17,18)(H,19,20). The van der Waals surface area contributed by atoms with Gasteiger partial charge in [-0.2, -0.15) is 0 Å². The fraction of sp³-hybridized carbons (Fsp3) is 0.500. The van der Waals surface area contributed by atoms with E-state index in [1.165, 1.54) is 5.56 Å². The summed E-state index contributed by atoms with van der Waals surface area (Å²) in [5, 5.41) is 11.1. The van der Waals surface area contributed by atoms with E-state index in [9.17, 15) is 9.59 Å². The summed E-state index contributed by atoms with van der Waals surface area (Å²) >= 11 is 0. The molecule has 1 rings (SSSR count). The third kappa shape index (κ3) is 6.79. The first kappa shape index (κ1) is 17.0. The molecule has 1 aromatic carbocycles. The van der Waals surface area contributed by atoms with Crippen LogP contribution < -0.4 is 10.1 Å². The Balaban J connectivity index is 2.27.